The smallest absolute Gasteiger partial charge is 0.282 e. The molecule has 0 saturated carbocycles. The van der Waals surface area contributed by atoms with Crippen molar-refractivity contribution in [1.82, 2.24) is 0 Å². The number of hydrogen-bond donors (Lipinski definition) is 1. The van der Waals surface area contributed by atoms with Gasteiger partial charge in [-0.2, -0.15) is 8.42 Å². The van der Waals surface area contributed by atoms with Gasteiger partial charge in [0.05, 0.1) is 4.90 Å². The van der Waals surface area contributed by atoms with Crippen LogP contribution in [-0.4, -0.2) is 13.0 Å². The highest BCUT2D eigenvalue weighted by Crippen LogP contribution is 2.14. The van der Waals surface area contributed by atoms with Crippen molar-refractivity contribution in [3.05, 3.63) is 29.8 Å². The minimum Gasteiger partial charge on any atom is -0.282 e. The van der Waals surface area contributed by atoms with Crippen molar-refractivity contribution in [2.75, 3.05) is 0 Å². The van der Waals surface area contributed by atoms with Gasteiger partial charge in [0.15, 0.2) is 0 Å². The summed E-state index contributed by atoms with van der Waals surface area (Å²) in [5, 5.41) is 0. The summed E-state index contributed by atoms with van der Waals surface area (Å²) in [5.41, 5.74) is 1.13. The van der Waals surface area contributed by atoms with Crippen molar-refractivity contribution in [2.24, 2.45) is 0 Å². The first-order chi connectivity index (χ1) is 9.54. The number of rotatable bonds is 10. The first kappa shape index (κ1) is 17.2. The molecule has 0 heterocycles. The summed E-state index contributed by atoms with van der Waals surface area (Å²) in [6, 6.07) is 6.50. The molecular weight excluding hydrogens is 278 g/mol. The van der Waals surface area contributed by atoms with Crippen LogP contribution in [0.5, 0.6) is 0 Å². The molecule has 114 valence electrons. The SMILES string of the molecule is CCCCCCCCCC[13c]1[13cH][13cH][13c](S(=O)(=O)O)[13cH][13cH]1. The van der Waals surface area contributed by atoms with Gasteiger partial charge in [-0.25, -0.2) is 0 Å². The summed E-state index contributed by atoms with van der Waals surface area (Å²) in [6.07, 6.45) is 11.3. The zero-order valence-corrected chi connectivity index (χ0v) is 13.2. The second-order valence-corrected chi connectivity index (χ2v) is 6.77. The van der Waals surface area contributed by atoms with E-state index in [0.717, 1.165) is 18.4 Å². The van der Waals surface area contributed by atoms with Crippen LogP contribution in [0.1, 0.15) is 63.9 Å². The molecule has 1 aromatic carbocycles. The van der Waals surface area contributed by atoms with Crippen LogP contribution >= 0.6 is 0 Å². The molecule has 20 heavy (non-hydrogen) atoms. The molecule has 0 aromatic heterocycles. The Morgan fingerprint density at radius 1 is 0.850 bits per heavy atom. The molecule has 0 bridgehead atoms. The van der Waals surface area contributed by atoms with Crippen LogP contribution < -0.4 is 0 Å². The van der Waals surface area contributed by atoms with Crippen LogP contribution in [0.25, 0.3) is 0 Å². The van der Waals surface area contributed by atoms with Crippen molar-refractivity contribution >= 4 is 10.1 Å². The summed E-state index contributed by atoms with van der Waals surface area (Å²) in [7, 11) is -4.06. The fourth-order valence-electron chi connectivity index (χ4n) is 2.29. The van der Waals surface area contributed by atoms with Gasteiger partial charge < -0.3 is 0 Å². The molecular formula is C16H26O3S. The lowest BCUT2D eigenvalue weighted by Crippen LogP contribution is -1.98. The molecule has 0 aliphatic rings. The quantitative estimate of drug-likeness (QED) is 0.507. The summed E-state index contributed by atoms with van der Waals surface area (Å²) >= 11 is 0. The Balaban J connectivity index is 2.16. The fourth-order valence-corrected chi connectivity index (χ4v) is 2.77. The Morgan fingerprint density at radius 3 is 1.85 bits per heavy atom. The third kappa shape index (κ3) is 7.06. The van der Waals surface area contributed by atoms with Crippen LogP contribution in [-0.2, 0) is 16.5 Å². The van der Waals surface area contributed by atoms with Crippen LogP contribution in [0, 0.1) is 0 Å². The minimum atomic E-state index is -4.06. The molecule has 0 fully saturated rings. The van der Waals surface area contributed by atoms with Gasteiger partial charge in [-0.15, -0.1) is 0 Å². The summed E-state index contributed by atoms with van der Waals surface area (Å²) < 4.78 is 30.7. The first-order valence-corrected chi connectivity index (χ1v) is 9.04. The molecule has 0 amide bonds. The maximum Gasteiger partial charge on any atom is 0.294 e. The van der Waals surface area contributed by atoms with Crippen molar-refractivity contribution in [1.29, 1.82) is 0 Å². The van der Waals surface area contributed by atoms with Gasteiger partial charge in [0.1, 0.15) is 0 Å². The Morgan fingerprint density at radius 2 is 1.35 bits per heavy atom. The predicted molar refractivity (Wildman–Crippen MR) is 82.6 cm³/mol. The molecule has 0 atom stereocenters. The standard InChI is InChI=1S/C16H26O3S/c1-2-3-4-5-6-7-8-9-10-15-11-13-16(14-12-15)20(17,18)19/h11-14H,2-10H2,1H3,(H,17,18,19)/i11+1,12+1,13+1,14+1,15+1,16+1. The van der Waals surface area contributed by atoms with Crippen LogP contribution in [0.2, 0.25) is 0 Å². The third-order valence-electron chi connectivity index (χ3n) is 3.54. The van der Waals surface area contributed by atoms with E-state index in [0.29, 0.717) is 0 Å². The lowest BCUT2D eigenvalue weighted by Gasteiger charge is -2.03. The van der Waals surface area contributed by atoms with Gasteiger partial charge in [-0.05, 0) is 30.5 Å². The molecule has 1 N–H and O–H groups in total. The van der Waals surface area contributed by atoms with Crippen LogP contribution in [0.3, 0.4) is 0 Å². The molecule has 0 spiro atoms. The molecule has 4 heteroatoms. The van der Waals surface area contributed by atoms with Gasteiger partial charge in [0.25, 0.3) is 10.1 Å². The maximum absolute atomic E-state index is 10.9. The average Bonchev–Trinajstić information content (AvgIpc) is 2.41. The summed E-state index contributed by atoms with van der Waals surface area (Å²) in [4.78, 5) is -0.0304. The van der Waals surface area contributed by atoms with E-state index in [9.17, 15) is 8.42 Å². The third-order valence-corrected chi connectivity index (χ3v) is 4.41. The Kier molecular flexibility index (Phi) is 7.85. The second-order valence-electron chi connectivity index (χ2n) is 5.34. The Bertz CT molecular complexity index is 463. The van der Waals surface area contributed by atoms with Gasteiger partial charge in [0.2, 0.25) is 0 Å². The van der Waals surface area contributed by atoms with Crippen molar-refractivity contribution in [2.45, 2.75) is 69.6 Å². The molecule has 0 saturated heterocycles. The van der Waals surface area contributed by atoms with E-state index in [2.05, 4.69) is 6.92 Å². The van der Waals surface area contributed by atoms with Crippen molar-refractivity contribution in [3.63, 3.8) is 0 Å². The predicted octanol–water partition coefficient (Wildman–Crippen LogP) is 4.62. The molecule has 1 aromatic rings. The average molecular weight is 304 g/mol. The van der Waals surface area contributed by atoms with E-state index >= 15 is 0 Å². The van der Waals surface area contributed by atoms with E-state index in [-0.39, 0.29) is 4.90 Å². The number of unbranched alkanes of at least 4 members (excludes halogenated alkanes) is 7. The van der Waals surface area contributed by atoms with E-state index in [1.54, 1.807) is 12.1 Å². The number of aryl methyl sites for hydroxylation is 1. The van der Waals surface area contributed by atoms with Gasteiger partial charge >= 0.3 is 0 Å². The molecule has 0 aliphatic carbocycles. The largest absolute Gasteiger partial charge is 0.294 e. The van der Waals surface area contributed by atoms with E-state index < -0.39 is 10.1 Å². The highest BCUT2D eigenvalue weighted by Gasteiger charge is 2.07. The van der Waals surface area contributed by atoms with E-state index in [1.807, 2.05) is 0 Å². The topological polar surface area (TPSA) is 54.4 Å². The highest BCUT2D eigenvalue weighted by molar-refractivity contribution is 7.85. The fraction of sp³-hybridized carbons (Fsp3) is 0.625. The first-order valence-electron chi connectivity index (χ1n) is 7.60. The van der Waals surface area contributed by atoms with Crippen LogP contribution in [0.15, 0.2) is 29.2 Å². The lowest BCUT2D eigenvalue weighted by atomic mass is 10.1. The highest BCUT2D eigenvalue weighted by atomic mass is 32.2. The van der Waals surface area contributed by atoms with E-state index in [4.69, 9.17) is 4.55 Å². The lowest BCUT2D eigenvalue weighted by molar-refractivity contribution is 0.483. The zero-order chi connectivity index (χ0) is 14.8. The summed E-state index contributed by atoms with van der Waals surface area (Å²) in [5.74, 6) is 0. The normalized spacial score (nSPS) is 11.7. The Labute approximate surface area is 123 Å². The van der Waals surface area contributed by atoms with Gasteiger partial charge in [-0.3, -0.25) is 4.55 Å². The number of benzene rings is 1. The van der Waals surface area contributed by atoms with Crippen LogP contribution in [0.4, 0.5) is 0 Å². The molecule has 0 unspecified atom stereocenters. The monoisotopic (exact) mass is 304 g/mol. The maximum atomic E-state index is 10.9. The minimum absolute atomic E-state index is 0.0304. The van der Waals surface area contributed by atoms with Crippen molar-refractivity contribution in [3.8, 4) is 0 Å². The second kappa shape index (κ2) is 9.14. The number of hydrogen-bond acceptors (Lipinski definition) is 2. The summed E-state index contributed by atoms with van der Waals surface area (Å²) in [6.45, 7) is 2.23. The van der Waals surface area contributed by atoms with Crippen molar-refractivity contribution < 1.29 is 13.0 Å². The van der Waals surface area contributed by atoms with Gasteiger partial charge in [0, 0.05) is 0 Å². The van der Waals surface area contributed by atoms with E-state index in [1.165, 1.54) is 57.1 Å². The Hall–Kier alpha value is -0.870. The molecule has 0 aliphatic heterocycles. The molecule has 3 nitrogen and oxygen atoms in total. The van der Waals surface area contributed by atoms with Gasteiger partial charge in [-0.1, -0.05) is 64.0 Å². The molecule has 1 rings (SSSR count). The zero-order valence-electron chi connectivity index (χ0n) is 12.3. The molecule has 0 radical (unpaired) electrons.